The molecule has 0 fully saturated rings. The molecule has 0 bridgehead atoms. The van der Waals surface area contributed by atoms with Crippen LogP contribution >= 0.6 is 11.6 Å². The van der Waals surface area contributed by atoms with Crippen molar-refractivity contribution in [1.82, 2.24) is 9.97 Å². The Morgan fingerprint density at radius 1 is 1.15 bits per heavy atom. The lowest BCUT2D eigenvalue weighted by molar-refractivity contribution is 0.284. The van der Waals surface area contributed by atoms with Gasteiger partial charge in [0, 0.05) is 5.56 Å². The summed E-state index contributed by atoms with van der Waals surface area (Å²) in [7, 11) is 1.52. The van der Waals surface area contributed by atoms with Crippen molar-refractivity contribution in [3.63, 3.8) is 0 Å². The highest BCUT2D eigenvalue weighted by Crippen LogP contribution is 2.38. The van der Waals surface area contributed by atoms with Gasteiger partial charge in [-0.25, -0.2) is 4.98 Å². The first kappa shape index (κ1) is 22.0. The predicted molar refractivity (Wildman–Crippen MR) is 128 cm³/mol. The van der Waals surface area contributed by atoms with Crippen LogP contribution in [0.2, 0.25) is 5.02 Å². The summed E-state index contributed by atoms with van der Waals surface area (Å²) in [5.74, 6) is 1.25. The summed E-state index contributed by atoms with van der Waals surface area (Å²) < 4.78 is 11.4. The number of aromatic nitrogens is 2. The maximum Gasteiger partial charge on any atom is 0.180 e. The number of H-pyrrole nitrogens is 1. The van der Waals surface area contributed by atoms with Gasteiger partial charge in [-0.2, -0.15) is 10.5 Å². The van der Waals surface area contributed by atoms with Crippen LogP contribution in [0.3, 0.4) is 0 Å². The van der Waals surface area contributed by atoms with E-state index < -0.39 is 0 Å². The van der Waals surface area contributed by atoms with Gasteiger partial charge in [0.2, 0.25) is 0 Å². The number of halogens is 1. The van der Waals surface area contributed by atoms with E-state index in [0.717, 1.165) is 22.2 Å². The van der Waals surface area contributed by atoms with Gasteiger partial charge in [0.05, 0.1) is 40.4 Å². The second-order valence-corrected chi connectivity index (χ2v) is 7.77. The fourth-order valence-electron chi connectivity index (χ4n) is 3.44. The first-order chi connectivity index (χ1) is 16.0. The Kier molecular flexibility index (Phi) is 6.31. The van der Waals surface area contributed by atoms with Crippen molar-refractivity contribution in [2.75, 3.05) is 7.11 Å². The average molecular weight is 455 g/mol. The van der Waals surface area contributed by atoms with Gasteiger partial charge >= 0.3 is 0 Å². The molecular weight excluding hydrogens is 436 g/mol. The molecule has 33 heavy (non-hydrogen) atoms. The van der Waals surface area contributed by atoms with E-state index in [0.29, 0.717) is 39.0 Å². The number of rotatable bonds is 6. The molecule has 6 nitrogen and oxygen atoms in total. The number of imidazole rings is 1. The molecule has 1 N–H and O–H groups in total. The van der Waals surface area contributed by atoms with Crippen LogP contribution in [-0.2, 0) is 6.61 Å². The Labute approximate surface area is 196 Å². The predicted octanol–water partition coefficient (Wildman–Crippen LogP) is 6.05. The second-order valence-electron chi connectivity index (χ2n) is 7.37. The monoisotopic (exact) mass is 454 g/mol. The lowest BCUT2D eigenvalue weighted by atomic mass is 10.1. The van der Waals surface area contributed by atoms with Crippen molar-refractivity contribution in [1.29, 1.82) is 10.5 Å². The third-order valence-corrected chi connectivity index (χ3v) is 5.37. The van der Waals surface area contributed by atoms with Crippen LogP contribution in [0.4, 0.5) is 0 Å². The van der Waals surface area contributed by atoms with Gasteiger partial charge in [-0.3, -0.25) is 0 Å². The fraction of sp³-hybridized carbons (Fsp3) is 0.115. The molecule has 0 saturated heterocycles. The van der Waals surface area contributed by atoms with Crippen LogP contribution < -0.4 is 9.47 Å². The molecule has 0 saturated carbocycles. The Balaban J connectivity index is 1.65. The Bertz CT molecular complexity index is 1460. The van der Waals surface area contributed by atoms with E-state index in [9.17, 15) is 10.5 Å². The van der Waals surface area contributed by atoms with E-state index in [1.807, 2.05) is 37.3 Å². The van der Waals surface area contributed by atoms with Crippen LogP contribution in [0, 0.1) is 29.6 Å². The van der Waals surface area contributed by atoms with Crippen molar-refractivity contribution < 1.29 is 9.47 Å². The molecule has 3 aromatic carbocycles. The fourth-order valence-corrected chi connectivity index (χ4v) is 3.71. The largest absolute Gasteiger partial charge is 0.493 e. The van der Waals surface area contributed by atoms with Gasteiger partial charge in [0.1, 0.15) is 18.5 Å². The first-order valence-corrected chi connectivity index (χ1v) is 10.5. The number of nitrogens with zero attached hydrogens (tertiary/aromatic N) is 3. The summed E-state index contributed by atoms with van der Waals surface area (Å²) in [5, 5.41) is 19.3. The molecule has 4 aromatic rings. The van der Waals surface area contributed by atoms with E-state index in [-0.39, 0.29) is 6.61 Å². The number of hydrogen-bond donors (Lipinski definition) is 1. The number of hydrogen-bond acceptors (Lipinski definition) is 5. The highest BCUT2D eigenvalue weighted by molar-refractivity contribution is 6.32. The molecule has 0 unspecified atom stereocenters. The third-order valence-electron chi connectivity index (χ3n) is 5.09. The second kappa shape index (κ2) is 9.48. The molecule has 0 aliphatic carbocycles. The minimum Gasteiger partial charge on any atom is -0.493 e. The Hall–Kier alpha value is -4.26. The topological polar surface area (TPSA) is 94.7 Å². The zero-order valence-electron chi connectivity index (χ0n) is 18.0. The van der Waals surface area contributed by atoms with Crippen molar-refractivity contribution in [3.8, 4) is 23.6 Å². The van der Waals surface area contributed by atoms with Crippen molar-refractivity contribution in [2.45, 2.75) is 13.5 Å². The SMILES string of the molecule is COc1cc(C=C(C#N)c2nc3ccc(C)cc3[nH]2)cc(Cl)c1OCc1ccccc1C#N. The number of benzene rings is 3. The number of methoxy groups -OCH3 is 1. The summed E-state index contributed by atoms with van der Waals surface area (Å²) >= 11 is 6.50. The normalized spacial score (nSPS) is 11.1. The van der Waals surface area contributed by atoms with Crippen LogP contribution in [-0.4, -0.2) is 17.1 Å². The summed E-state index contributed by atoms with van der Waals surface area (Å²) in [4.78, 5) is 7.72. The number of nitrogens with one attached hydrogen (secondary N) is 1. The highest BCUT2D eigenvalue weighted by atomic mass is 35.5. The maximum absolute atomic E-state index is 9.74. The lowest BCUT2D eigenvalue weighted by Gasteiger charge is -2.14. The molecule has 7 heteroatoms. The smallest absolute Gasteiger partial charge is 0.180 e. The van der Waals surface area contributed by atoms with E-state index in [2.05, 4.69) is 22.1 Å². The van der Waals surface area contributed by atoms with Gasteiger partial charge in [-0.15, -0.1) is 0 Å². The number of allylic oxidation sites excluding steroid dienone is 1. The molecule has 162 valence electrons. The van der Waals surface area contributed by atoms with Crippen LogP contribution in [0.1, 0.15) is 28.1 Å². The minimum atomic E-state index is 0.164. The molecule has 0 aliphatic heterocycles. The lowest BCUT2D eigenvalue weighted by Crippen LogP contribution is -2.01. The van der Waals surface area contributed by atoms with Gasteiger partial charge in [0.25, 0.3) is 0 Å². The molecule has 4 rings (SSSR count). The molecule has 0 spiro atoms. The number of aromatic amines is 1. The number of aryl methyl sites for hydroxylation is 1. The van der Waals surface area contributed by atoms with Crippen molar-refractivity contribution in [2.24, 2.45) is 0 Å². The summed E-state index contributed by atoms with van der Waals surface area (Å²) in [6.45, 7) is 2.16. The van der Waals surface area contributed by atoms with Gasteiger partial charge in [-0.05, 0) is 54.5 Å². The van der Waals surface area contributed by atoms with E-state index in [1.165, 1.54) is 7.11 Å². The minimum absolute atomic E-state index is 0.164. The van der Waals surface area contributed by atoms with Crippen molar-refractivity contribution in [3.05, 3.63) is 87.7 Å². The molecule has 1 aromatic heterocycles. The van der Waals surface area contributed by atoms with Crippen LogP contribution in [0.15, 0.2) is 54.6 Å². The van der Waals surface area contributed by atoms with Gasteiger partial charge in [-0.1, -0.05) is 35.9 Å². The average Bonchev–Trinajstić information content (AvgIpc) is 3.24. The molecule has 1 heterocycles. The van der Waals surface area contributed by atoms with Gasteiger partial charge < -0.3 is 14.5 Å². The summed E-state index contributed by atoms with van der Waals surface area (Å²) in [6.07, 6.45) is 1.69. The standard InChI is InChI=1S/C26H19ClN4O2/c1-16-7-8-22-23(9-16)31-26(30-22)20(14-29)10-17-11-21(27)25(24(12-17)32-2)33-15-19-6-4-3-5-18(19)13-28/h3-12H,15H2,1-2H3,(H,30,31). The molecule has 0 aliphatic rings. The quantitative estimate of drug-likeness (QED) is 0.358. The van der Waals surface area contributed by atoms with Crippen LogP contribution in [0.25, 0.3) is 22.7 Å². The third kappa shape index (κ3) is 4.67. The summed E-state index contributed by atoms with van der Waals surface area (Å²) in [5.41, 5.74) is 5.05. The summed E-state index contributed by atoms with van der Waals surface area (Å²) in [6, 6.07) is 20.8. The van der Waals surface area contributed by atoms with Crippen molar-refractivity contribution >= 4 is 34.3 Å². The zero-order valence-corrected chi connectivity index (χ0v) is 18.8. The number of nitriles is 2. The molecular formula is C26H19ClN4O2. The van der Waals surface area contributed by atoms with E-state index in [4.69, 9.17) is 21.1 Å². The molecule has 0 amide bonds. The molecule has 0 radical (unpaired) electrons. The van der Waals surface area contributed by atoms with E-state index >= 15 is 0 Å². The first-order valence-electron chi connectivity index (χ1n) is 10.1. The van der Waals surface area contributed by atoms with Gasteiger partial charge in [0.15, 0.2) is 11.5 Å². The number of fused-ring (bicyclic) bond motifs is 1. The Morgan fingerprint density at radius 3 is 2.73 bits per heavy atom. The van der Waals surface area contributed by atoms with Crippen LogP contribution in [0.5, 0.6) is 11.5 Å². The Morgan fingerprint density at radius 2 is 1.97 bits per heavy atom. The van der Waals surface area contributed by atoms with E-state index in [1.54, 1.807) is 30.3 Å². The molecule has 0 atom stereocenters. The number of ether oxygens (including phenoxy) is 2. The maximum atomic E-state index is 9.74. The highest BCUT2D eigenvalue weighted by Gasteiger charge is 2.14. The zero-order chi connectivity index (χ0) is 23.4.